The molecule has 0 aliphatic carbocycles. The van der Waals surface area contributed by atoms with Crippen LogP contribution in [0.3, 0.4) is 0 Å². The molecule has 0 aliphatic heterocycles. The maximum Gasteiger partial charge on any atom is 0.337 e. The second-order valence-electron chi connectivity index (χ2n) is 5.20. The molecular weight excluding hydrogens is 340 g/mol. The molecule has 0 heterocycles. The number of anilines is 2. The highest BCUT2D eigenvalue weighted by atomic mass is 35.5. The van der Waals surface area contributed by atoms with E-state index in [0.717, 1.165) is 38.8 Å². The van der Waals surface area contributed by atoms with Gasteiger partial charge < -0.3 is 10.0 Å². The molecule has 0 saturated heterocycles. The standard InChI is InChI=1S/C15H23ClN2O4S/c1-3-5-7-18(8-6-4-2)14-10-12(16)13(17-23(21)22)9-11(14)15(19)20/h9-10,17H,3-8H2,1-2H3,(H,19,20)(H,21,22). The van der Waals surface area contributed by atoms with Crippen LogP contribution in [-0.2, 0) is 11.3 Å². The number of nitrogens with zero attached hydrogens (tertiary/aromatic N) is 1. The van der Waals surface area contributed by atoms with Gasteiger partial charge in [-0.2, -0.15) is 0 Å². The van der Waals surface area contributed by atoms with Gasteiger partial charge >= 0.3 is 5.97 Å². The molecule has 130 valence electrons. The van der Waals surface area contributed by atoms with E-state index in [2.05, 4.69) is 18.6 Å². The number of aromatic carboxylic acids is 1. The van der Waals surface area contributed by atoms with Crippen molar-refractivity contribution in [1.82, 2.24) is 0 Å². The summed E-state index contributed by atoms with van der Waals surface area (Å²) in [5.41, 5.74) is 0.729. The Kier molecular flexibility index (Phi) is 8.36. The first kappa shape index (κ1) is 19.7. The number of benzene rings is 1. The van der Waals surface area contributed by atoms with Crippen LogP contribution in [0.5, 0.6) is 0 Å². The van der Waals surface area contributed by atoms with Crippen molar-refractivity contribution in [2.24, 2.45) is 0 Å². The van der Waals surface area contributed by atoms with E-state index in [1.807, 2.05) is 4.90 Å². The summed E-state index contributed by atoms with van der Waals surface area (Å²) >= 11 is 3.82. The fraction of sp³-hybridized carbons (Fsp3) is 0.533. The number of nitrogens with one attached hydrogen (secondary N) is 1. The van der Waals surface area contributed by atoms with E-state index in [1.165, 1.54) is 6.07 Å². The highest BCUT2D eigenvalue weighted by Crippen LogP contribution is 2.32. The summed E-state index contributed by atoms with van der Waals surface area (Å²) in [6.45, 7) is 5.64. The van der Waals surface area contributed by atoms with Gasteiger partial charge in [-0.15, -0.1) is 0 Å². The topological polar surface area (TPSA) is 89.9 Å². The summed E-state index contributed by atoms with van der Waals surface area (Å²) in [5.74, 6) is -1.10. The van der Waals surface area contributed by atoms with Crippen molar-refractivity contribution >= 4 is 40.2 Å². The summed E-state index contributed by atoms with van der Waals surface area (Å²) < 4.78 is 22.0. The van der Waals surface area contributed by atoms with E-state index in [9.17, 15) is 14.1 Å². The van der Waals surface area contributed by atoms with Crippen LogP contribution in [0.4, 0.5) is 11.4 Å². The fourth-order valence-electron chi connectivity index (χ4n) is 2.22. The number of carbonyl (C=O) groups is 1. The average molecular weight is 363 g/mol. The molecule has 0 radical (unpaired) electrons. The number of carboxylic acids is 1. The molecule has 1 rings (SSSR count). The number of unbranched alkanes of at least 4 members (excludes halogenated alkanes) is 2. The lowest BCUT2D eigenvalue weighted by atomic mass is 10.1. The molecule has 0 aliphatic rings. The van der Waals surface area contributed by atoms with Crippen LogP contribution in [0.2, 0.25) is 5.02 Å². The van der Waals surface area contributed by atoms with Gasteiger partial charge in [-0.25, -0.2) is 9.00 Å². The van der Waals surface area contributed by atoms with Crippen LogP contribution in [0.1, 0.15) is 49.9 Å². The largest absolute Gasteiger partial charge is 0.478 e. The van der Waals surface area contributed by atoms with Crippen molar-refractivity contribution in [2.45, 2.75) is 39.5 Å². The quantitative estimate of drug-likeness (QED) is 0.547. The van der Waals surface area contributed by atoms with E-state index in [-0.39, 0.29) is 16.3 Å². The van der Waals surface area contributed by atoms with Crippen LogP contribution >= 0.6 is 11.6 Å². The summed E-state index contributed by atoms with van der Waals surface area (Å²) in [4.78, 5) is 13.6. The van der Waals surface area contributed by atoms with Crippen molar-refractivity contribution in [1.29, 1.82) is 0 Å². The minimum Gasteiger partial charge on any atom is -0.478 e. The van der Waals surface area contributed by atoms with Crippen molar-refractivity contribution in [3.8, 4) is 0 Å². The van der Waals surface area contributed by atoms with Gasteiger partial charge in [0.2, 0.25) is 0 Å². The van der Waals surface area contributed by atoms with Gasteiger partial charge in [-0.3, -0.25) is 9.27 Å². The first-order valence-corrected chi connectivity index (χ1v) is 9.08. The van der Waals surface area contributed by atoms with Gasteiger partial charge in [0.15, 0.2) is 0 Å². The molecule has 6 nitrogen and oxygen atoms in total. The Bertz CT molecular complexity index is 561. The van der Waals surface area contributed by atoms with Gasteiger partial charge in [0.05, 0.1) is 22.0 Å². The molecule has 0 bridgehead atoms. The van der Waals surface area contributed by atoms with Crippen molar-refractivity contribution in [3.63, 3.8) is 0 Å². The normalized spacial score (nSPS) is 12.0. The minimum absolute atomic E-state index is 0.0644. The SMILES string of the molecule is CCCCN(CCCC)c1cc(Cl)c(NS(=O)O)cc1C(=O)O. The molecule has 1 aromatic rings. The Labute approximate surface area is 144 Å². The molecule has 0 aromatic heterocycles. The second kappa shape index (κ2) is 9.75. The molecule has 0 saturated carbocycles. The van der Waals surface area contributed by atoms with Gasteiger partial charge in [0.25, 0.3) is 11.3 Å². The van der Waals surface area contributed by atoms with Gasteiger partial charge in [-0.05, 0) is 25.0 Å². The van der Waals surface area contributed by atoms with E-state index in [4.69, 9.17) is 16.2 Å². The molecule has 0 amide bonds. The van der Waals surface area contributed by atoms with Gasteiger partial charge in [-0.1, -0.05) is 38.3 Å². The summed E-state index contributed by atoms with van der Waals surface area (Å²) in [7, 11) is 0. The van der Waals surface area contributed by atoms with E-state index >= 15 is 0 Å². The van der Waals surface area contributed by atoms with E-state index in [0.29, 0.717) is 5.69 Å². The third-order valence-electron chi connectivity index (χ3n) is 3.42. The summed E-state index contributed by atoms with van der Waals surface area (Å²) in [6, 6.07) is 2.85. The molecule has 1 unspecified atom stereocenters. The second-order valence-corrected chi connectivity index (χ2v) is 6.31. The lowest BCUT2D eigenvalue weighted by Gasteiger charge is -2.27. The number of hydrogen-bond donors (Lipinski definition) is 3. The first-order valence-electron chi connectivity index (χ1n) is 7.60. The van der Waals surface area contributed by atoms with E-state index in [1.54, 1.807) is 6.07 Å². The molecule has 1 aromatic carbocycles. The number of carboxylic acid groups (broad SMARTS) is 1. The van der Waals surface area contributed by atoms with Crippen LogP contribution in [0.25, 0.3) is 0 Å². The monoisotopic (exact) mass is 362 g/mol. The minimum atomic E-state index is -2.32. The van der Waals surface area contributed by atoms with Crippen molar-refractivity contribution in [3.05, 3.63) is 22.7 Å². The van der Waals surface area contributed by atoms with Gasteiger partial charge in [0, 0.05) is 13.1 Å². The Morgan fingerprint density at radius 1 is 1.26 bits per heavy atom. The Morgan fingerprint density at radius 2 is 1.83 bits per heavy atom. The lowest BCUT2D eigenvalue weighted by molar-refractivity contribution is 0.0697. The number of halogens is 1. The van der Waals surface area contributed by atoms with Crippen LogP contribution in [0, 0.1) is 0 Å². The molecule has 23 heavy (non-hydrogen) atoms. The van der Waals surface area contributed by atoms with Gasteiger partial charge in [0.1, 0.15) is 0 Å². The maximum absolute atomic E-state index is 11.6. The number of hydrogen-bond acceptors (Lipinski definition) is 3. The van der Waals surface area contributed by atoms with Crippen molar-refractivity contribution in [2.75, 3.05) is 22.7 Å². The fourth-order valence-corrected chi connectivity index (χ4v) is 2.84. The highest BCUT2D eigenvalue weighted by Gasteiger charge is 2.19. The predicted octanol–water partition coefficient (Wildman–Crippen LogP) is 3.99. The zero-order valence-corrected chi connectivity index (χ0v) is 14.9. The zero-order valence-electron chi connectivity index (χ0n) is 13.3. The molecule has 0 spiro atoms. The first-order chi connectivity index (χ1) is 10.9. The Hall–Kier alpha value is -1.31. The van der Waals surface area contributed by atoms with Crippen LogP contribution in [-0.4, -0.2) is 32.9 Å². The predicted molar refractivity (Wildman–Crippen MR) is 94.8 cm³/mol. The highest BCUT2D eigenvalue weighted by molar-refractivity contribution is 7.80. The van der Waals surface area contributed by atoms with Crippen LogP contribution < -0.4 is 9.62 Å². The zero-order chi connectivity index (χ0) is 17.4. The molecular formula is C15H23ClN2O4S. The Balaban J connectivity index is 3.26. The third kappa shape index (κ3) is 6.01. The summed E-state index contributed by atoms with van der Waals surface area (Å²) in [6.07, 6.45) is 3.89. The molecule has 3 N–H and O–H groups in total. The lowest BCUT2D eigenvalue weighted by Crippen LogP contribution is -2.27. The van der Waals surface area contributed by atoms with Crippen molar-refractivity contribution < 1.29 is 18.7 Å². The smallest absolute Gasteiger partial charge is 0.337 e. The van der Waals surface area contributed by atoms with E-state index < -0.39 is 17.2 Å². The average Bonchev–Trinajstić information content (AvgIpc) is 2.48. The number of rotatable bonds is 10. The Morgan fingerprint density at radius 3 is 2.26 bits per heavy atom. The molecule has 8 heteroatoms. The maximum atomic E-state index is 11.6. The molecule has 1 atom stereocenters. The van der Waals surface area contributed by atoms with Crippen LogP contribution in [0.15, 0.2) is 12.1 Å². The third-order valence-corrected chi connectivity index (χ3v) is 4.12. The summed E-state index contributed by atoms with van der Waals surface area (Å²) in [5, 5.41) is 9.69. The molecule has 0 fully saturated rings.